The first kappa shape index (κ1) is 19.4. The number of fused-ring (bicyclic) bond motifs is 2. The highest BCUT2D eigenvalue weighted by molar-refractivity contribution is 7.10. The number of morpholine rings is 1. The molecule has 0 radical (unpaired) electrons. The van der Waals surface area contributed by atoms with E-state index in [1.165, 1.54) is 0 Å². The largest absolute Gasteiger partial charge is 0.396 e. The molecule has 31 heavy (non-hydrogen) atoms. The number of H-pyrrole nitrogens is 1. The summed E-state index contributed by atoms with van der Waals surface area (Å²) in [6.45, 7) is 3.68. The van der Waals surface area contributed by atoms with Crippen molar-refractivity contribution in [1.29, 1.82) is 0 Å². The quantitative estimate of drug-likeness (QED) is 0.636. The van der Waals surface area contributed by atoms with Crippen molar-refractivity contribution in [1.82, 2.24) is 20.0 Å². The molecule has 4 atom stereocenters. The molecule has 8 heteroatoms. The first-order chi connectivity index (χ1) is 15.1. The number of benzene rings is 1. The Morgan fingerprint density at radius 1 is 1.26 bits per heavy atom. The van der Waals surface area contributed by atoms with Crippen LogP contribution in [0, 0.1) is 11.8 Å². The second kappa shape index (κ2) is 7.41. The number of likely N-dealkylation sites (tertiary alicyclic amines) is 2. The maximum atomic E-state index is 13.0. The van der Waals surface area contributed by atoms with Crippen LogP contribution in [-0.4, -0.2) is 75.5 Å². The summed E-state index contributed by atoms with van der Waals surface area (Å²) in [7, 11) is 0. The molecule has 7 nitrogen and oxygen atoms in total. The van der Waals surface area contributed by atoms with Gasteiger partial charge in [0.1, 0.15) is 5.60 Å². The van der Waals surface area contributed by atoms with E-state index in [0.717, 1.165) is 41.1 Å². The minimum atomic E-state index is -0.392. The number of amides is 1. The van der Waals surface area contributed by atoms with Gasteiger partial charge in [0, 0.05) is 54.9 Å². The zero-order chi connectivity index (χ0) is 21.0. The number of rotatable bonds is 5. The maximum Gasteiger partial charge on any atom is 0.228 e. The fourth-order valence-corrected chi connectivity index (χ4v) is 6.57. The highest BCUT2D eigenvalue weighted by atomic mass is 32.1. The monoisotopic (exact) mass is 438 g/mol. The van der Waals surface area contributed by atoms with Crippen LogP contribution in [0.3, 0.4) is 0 Å². The van der Waals surface area contributed by atoms with Crippen LogP contribution < -0.4 is 0 Å². The van der Waals surface area contributed by atoms with E-state index in [4.69, 9.17) is 4.74 Å². The van der Waals surface area contributed by atoms with Gasteiger partial charge in [-0.1, -0.05) is 24.3 Å². The van der Waals surface area contributed by atoms with E-state index in [2.05, 4.69) is 21.2 Å². The molecule has 5 heterocycles. The lowest BCUT2D eigenvalue weighted by atomic mass is 9.83. The van der Waals surface area contributed by atoms with E-state index in [0.29, 0.717) is 19.5 Å². The molecule has 3 saturated heterocycles. The zero-order valence-electron chi connectivity index (χ0n) is 17.2. The van der Waals surface area contributed by atoms with E-state index < -0.39 is 5.60 Å². The van der Waals surface area contributed by atoms with Gasteiger partial charge in [-0.3, -0.25) is 14.8 Å². The number of aromatic amines is 1. The Labute approximate surface area is 184 Å². The van der Waals surface area contributed by atoms with Crippen LogP contribution in [0.5, 0.6) is 0 Å². The van der Waals surface area contributed by atoms with Gasteiger partial charge in [-0.05, 0) is 17.5 Å². The standard InChI is InChI=1S/C23H26N4O3S/c28-12-17-18-9-26(10-20-16-5-1-2-6-19(16)24-25-20)13-23(18)14-27(11-21(17)30-23)22(29)8-15-4-3-7-31-15/h1-7,17-18,21,28H,8-14H2,(H,24,25)/t17-,18+,21+,23-/m0/s1. The number of hydrogen-bond donors (Lipinski definition) is 2. The molecule has 3 fully saturated rings. The molecular weight excluding hydrogens is 412 g/mol. The van der Waals surface area contributed by atoms with Crippen molar-refractivity contribution in [3.63, 3.8) is 0 Å². The van der Waals surface area contributed by atoms with Gasteiger partial charge in [-0.15, -0.1) is 11.3 Å². The summed E-state index contributed by atoms with van der Waals surface area (Å²) >= 11 is 1.62. The SMILES string of the molecule is O=C(Cc1cccs1)N1C[C@H]2O[C@@]3(CN(Cc4[nH]nc5ccccc45)C[C@@H]3[C@@H]2CO)C1. The number of nitrogens with one attached hydrogen (secondary N) is 1. The number of ether oxygens (including phenoxy) is 1. The lowest BCUT2D eigenvalue weighted by molar-refractivity contribution is -0.153. The second-order valence-corrected chi connectivity index (χ2v) is 10.1. The molecule has 0 aliphatic carbocycles. The number of nitrogens with zero attached hydrogens (tertiary/aromatic N) is 3. The molecule has 1 spiro atoms. The lowest BCUT2D eigenvalue weighted by Crippen LogP contribution is -2.56. The number of aromatic nitrogens is 2. The Bertz CT molecular complexity index is 1100. The molecule has 1 aromatic carbocycles. The number of carbonyl (C=O) groups is 1. The molecule has 0 saturated carbocycles. The molecule has 162 valence electrons. The fourth-order valence-electron chi connectivity index (χ4n) is 5.87. The van der Waals surface area contributed by atoms with Crippen molar-refractivity contribution >= 4 is 28.1 Å². The van der Waals surface area contributed by atoms with Crippen molar-refractivity contribution in [2.75, 3.05) is 32.8 Å². The van der Waals surface area contributed by atoms with Crippen molar-refractivity contribution in [3.8, 4) is 0 Å². The number of para-hydroxylation sites is 1. The molecule has 0 unspecified atom stereocenters. The number of carbonyl (C=O) groups excluding carboxylic acids is 1. The van der Waals surface area contributed by atoms with E-state index in [-0.39, 0.29) is 30.5 Å². The number of aliphatic hydroxyl groups is 1. The Morgan fingerprint density at radius 2 is 2.16 bits per heavy atom. The Morgan fingerprint density at radius 3 is 3.00 bits per heavy atom. The minimum absolute atomic E-state index is 0.0723. The van der Waals surface area contributed by atoms with Gasteiger partial charge >= 0.3 is 0 Å². The van der Waals surface area contributed by atoms with Gasteiger partial charge < -0.3 is 14.7 Å². The first-order valence-corrected chi connectivity index (χ1v) is 11.8. The zero-order valence-corrected chi connectivity index (χ0v) is 18.1. The molecule has 6 rings (SSSR count). The van der Waals surface area contributed by atoms with Crippen molar-refractivity contribution in [3.05, 3.63) is 52.3 Å². The van der Waals surface area contributed by atoms with E-state index >= 15 is 0 Å². The number of hydrogen-bond acceptors (Lipinski definition) is 6. The molecule has 1 amide bonds. The molecule has 2 aromatic heterocycles. The van der Waals surface area contributed by atoms with Gasteiger partial charge in [0.05, 0.1) is 30.3 Å². The first-order valence-electron chi connectivity index (χ1n) is 10.9. The van der Waals surface area contributed by atoms with Gasteiger partial charge in [0.2, 0.25) is 5.91 Å². The topological polar surface area (TPSA) is 81.7 Å². The summed E-state index contributed by atoms with van der Waals surface area (Å²) in [6.07, 6.45) is 0.366. The van der Waals surface area contributed by atoms with Crippen LogP contribution in [0.2, 0.25) is 0 Å². The highest BCUT2D eigenvalue weighted by Crippen LogP contribution is 2.49. The minimum Gasteiger partial charge on any atom is -0.396 e. The van der Waals surface area contributed by atoms with Crippen LogP contribution in [0.4, 0.5) is 0 Å². The fraction of sp³-hybridized carbons (Fsp3) is 0.478. The third-order valence-electron chi connectivity index (χ3n) is 7.25. The number of thiophene rings is 1. The maximum absolute atomic E-state index is 13.0. The van der Waals surface area contributed by atoms with E-state index in [1.807, 2.05) is 40.6 Å². The third-order valence-corrected chi connectivity index (χ3v) is 8.13. The normalized spacial score (nSPS) is 30.2. The predicted octanol–water partition coefficient (Wildman–Crippen LogP) is 1.89. The highest BCUT2D eigenvalue weighted by Gasteiger charge is 2.62. The molecule has 3 aliphatic rings. The van der Waals surface area contributed by atoms with E-state index in [1.54, 1.807) is 11.3 Å². The van der Waals surface area contributed by atoms with Gasteiger partial charge in [-0.2, -0.15) is 5.10 Å². The van der Waals surface area contributed by atoms with Crippen molar-refractivity contribution in [2.24, 2.45) is 11.8 Å². The number of aliphatic hydroxyl groups excluding tert-OH is 1. The van der Waals surface area contributed by atoms with Crippen LogP contribution in [0.15, 0.2) is 41.8 Å². The summed E-state index contributed by atoms with van der Waals surface area (Å²) in [4.78, 5) is 18.5. The third kappa shape index (κ3) is 3.20. The van der Waals surface area contributed by atoms with Gasteiger partial charge in [-0.25, -0.2) is 0 Å². The Hall–Kier alpha value is -2.26. The van der Waals surface area contributed by atoms with Crippen molar-refractivity contribution in [2.45, 2.75) is 24.7 Å². The van der Waals surface area contributed by atoms with Gasteiger partial charge in [0.25, 0.3) is 0 Å². The average Bonchev–Trinajstić information content (AvgIpc) is 3.52. The lowest BCUT2D eigenvalue weighted by Gasteiger charge is -2.40. The molecular formula is C23H26N4O3S. The Balaban J connectivity index is 1.22. The van der Waals surface area contributed by atoms with Crippen molar-refractivity contribution < 1.29 is 14.6 Å². The van der Waals surface area contributed by atoms with Gasteiger partial charge in [0.15, 0.2) is 0 Å². The summed E-state index contributed by atoms with van der Waals surface area (Å²) in [5.74, 6) is 0.463. The molecule has 3 aromatic rings. The van der Waals surface area contributed by atoms with E-state index in [9.17, 15) is 9.90 Å². The summed E-state index contributed by atoms with van der Waals surface area (Å²) < 4.78 is 6.55. The molecule has 2 bridgehead atoms. The smallest absolute Gasteiger partial charge is 0.228 e. The average molecular weight is 439 g/mol. The van der Waals surface area contributed by atoms with Crippen LogP contribution in [0.1, 0.15) is 10.6 Å². The summed E-state index contributed by atoms with van der Waals surface area (Å²) in [5.41, 5.74) is 1.69. The molecule has 3 aliphatic heterocycles. The summed E-state index contributed by atoms with van der Waals surface area (Å²) in [5, 5.41) is 20.9. The second-order valence-electron chi connectivity index (χ2n) is 9.09. The summed E-state index contributed by atoms with van der Waals surface area (Å²) in [6, 6.07) is 12.1. The van der Waals surface area contributed by atoms with Crippen LogP contribution >= 0.6 is 11.3 Å². The Kier molecular flexibility index (Phi) is 4.64. The predicted molar refractivity (Wildman–Crippen MR) is 118 cm³/mol. The van der Waals surface area contributed by atoms with Crippen LogP contribution in [-0.2, 0) is 22.5 Å². The molecule has 2 N–H and O–H groups in total. The van der Waals surface area contributed by atoms with Crippen LogP contribution in [0.25, 0.3) is 10.9 Å².